The Labute approximate surface area is 200 Å². The zero-order valence-electron chi connectivity index (χ0n) is 18.3. The van der Waals surface area contributed by atoms with Gasteiger partial charge >= 0.3 is 12.1 Å². The zero-order valence-corrected chi connectivity index (χ0v) is 19.0. The monoisotopic (exact) mass is 477 g/mol. The molecule has 2 N–H and O–H groups in total. The van der Waals surface area contributed by atoms with Gasteiger partial charge in [-0.15, -0.1) is 0 Å². The molecule has 8 nitrogen and oxygen atoms in total. The van der Waals surface area contributed by atoms with Gasteiger partial charge in [0.1, 0.15) is 17.5 Å². The lowest BCUT2D eigenvalue weighted by atomic mass is 10.1. The number of hydrogen-bond donors (Lipinski definition) is 2. The van der Waals surface area contributed by atoms with Crippen LogP contribution in [0.1, 0.15) is 34.6 Å². The molecule has 0 aliphatic heterocycles. The van der Waals surface area contributed by atoms with Crippen LogP contribution in [-0.4, -0.2) is 27.3 Å². The molecule has 0 spiro atoms. The molecule has 0 fully saturated rings. The van der Waals surface area contributed by atoms with Crippen LogP contribution in [0.5, 0.6) is 0 Å². The lowest BCUT2D eigenvalue weighted by molar-refractivity contribution is 0.0696. The standard InChI is InChI=1S/C25H20ClN3O5/c1-14-22(28-25(32)33-15(2)19-5-3-4-6-20(19)26)23(34-29-14)17-9-7-16(8-10-17)21-12-11-18(13-27-21)24(30)31/h3-13,15H,1-2H3,(H,28,32)(H,30,31). The number of carbonyl (C=O) groups is 2. The van der Waals surface area contributed by atoms with Gasteiger partial charge in [-0.1, -0.05) is 59.2 Å². The van der Waals surface area contributed by atoms with Crippen molar-refractivity contribution in [2.75, 3.05) is 5.32 Å². The quantitative estimate of drug-likeness (QED) is 0.331. The lowest BCUT2D eigenvalue weighted by Crippen LogP contribution is -2.17. The number of aromatic nitrogens is 2. The topological polar surface area (TPSA) is 115 Å². The molecule has 0 saturated heterocycles. The molecule has 0 aliphatic carbocycles. The summed E-state index contributed by atoms with van der Waals surface area (Å²) in [6.45, 7) is 3.44. The molecule has 1 unspecified atom stereocenters. The molecule has 1 atom stereocenters. The summed E-state index contributed by atoms with van der Waals surface area (Å²) in [5, 5.41) is 16.2. The number of hydrogen-bond acceptors (Lipinski definition) is 6. The van der Waals surface area contributed by atoms with Gasteiger partial charge in [0.05, 0.1) is 11.3 Å². The van der Waals surface area contributed by atoms with Crippen LogP contribution < -0.4 is 5.32 Å². The maximum Gasteiger partial charge on any atom is 0.412 e. The number of nitrogens with one attached hydrogen (secondary N) is 1. The normalized spacial score (nSPS) is 11.6. The Morgan fingerprint density at radius 1 is 1.06 bits per heavy atom. The summed E-state index contributed by atoms with van der Waals surface area (Å²) < 4.78 is 10.9. The molecule has 2 aromatic carbocycles. The minimum atomic E-state index is -1.03. The number of carbonyl (C=O) groups excluding carboxylic acids is 1. The van der Waals surface area contributed by atoms with Gasteiger partial charge in [-0.05, 0) is 32.0 Å². The van der Waals surface area contributed by atoms with Gasteiger partial charge < -0.3 is 14.4 Å². The molecule has 2 heterocycles. The number of pyridine rings is 1. The third kappa shape index (κ3) is 4.92. The second-order valence-corrected chi connectivity index (χ2v) is 7.89. The fraction of sp³-hybridized carbons (Fsp3) is 0.120. The number of halogens is 1. The van der Waals surface area contributed by atoms with E-state index in [1.165, 1.54) is 12.3 Å². The first kappa shape index (κ1) is 23.0. The minimum Gasteiger partial charge on any atom is -0.478 e. The van der Waals surface area contributed by atoms with Crippen molar-refractivity contribution in [1.29, 1.82) is 0 Å². The van der Waals surface area contributed by atoms with Crippen molar-refractivity contribution >= 4 is 29.4 Å². The predicted octanol–water partition coefficient (Wildman–Crippen LogP) is 6.37. The highest BCUT2D eigenvalue weighted by Gasteiger charge is 2.20. The first-order valence-electron chi connectivity index (χ1n) is 10.3. The number of ether oxygens (including phenoxy) is 1. The number of aromatic carboxylic acids is 1. The number of anilines is 1. The molecular formula is C25H20ClN3O5. The van der Waals surface area contributed by atoms with Crippen LogP contribution in [0.15, 0.2) is 71.4 Å². The van der Waals surface area contributed by atoms with Crippen molar-refractivity contribution < 1.29 is 24.0 Å². The van der Waals surface area contributed by atoms with Crippen molar-refractivity contribution in [3.05, 3.63) is 88.7 Å². The summed E-state index contributed by atoms with van der Waals surface area (Å²) in [4.78, 5) is 27.8. The summed E-state index contributed by atoms with van der Waals surface area (Å²) in [5.74, 6) is -0.657. The second kappa shape index (κ2) is 9.76. The third-order valence-corrected chi connectivity index (χ3v) is 5.51. The maximum atomic E-state index is 12.6. The first-order chi connectivity index (χ1) is 16.3. The maximum absolute atomic E-state index is 12.6. The predicted molar refractivity (Wildman–Crippen MR) is 127 cm³/mol. The van der Waals surface area contributed by atoms with Crippen molar-refractivity contribution in [2.24, 2.45) is 0 Å². The third-order valence-electron chi connectivity index (χ3n) is 5.17. The van der Waals surface area contributed by atoms with Crippen LogP contribution in [-0.2, 0) is 4.74 Å². The SMILES string of the molecule is Cc1noc(-c2ccc(-c3ccc(C(=O)O)cn3)cc2)c1NC(=O)OC(C)c1ccccc1Cl. The highest BCUT2D eigenvalue weighted by molar-refractivity contribution is 6.31. The summed E-state index contributed by atoms with van der Waals surface area (Å²) in [7, 11) is 0. The molecule has 0 bridgehead atoms. The van der Waals surface area contributed by atoms with E-state index in [1.54, 1.807) is 50.2 Å². The molecule has 4 rings (SSSR count). The average Bonchev–Trinajstić information content (AvgIpc) is 3.19. The highest BCUT2D eigenvalue weighted by Crippen LogP contribution is 2.33. The summed E-state index contributed by atoms with van der Waals surface area (Å²) >= 11 is 6.19. The van der Waals surface area contributed by atoms with E-state index in [9.17, 15) is 9.59 Å². The number of nitrogens with zero attached hydrogens (tertiary/aromatic N) is 2. The number of carboxylic acids is 1. The number of carboxylic acid groups (broad SMARTS) is 1. The van der Waals surface area contributed by atoms with Crippen molar-refractivity contribution in [1.82, 2.24) is 10.1 Å². The molecule has 4 aromatic rings. The molecule has 2 aromatic heterocycles. The van der Waals surface area contributed by atoms with Crippen LogP contribution in [0.3, 0.4) is 0 Å². The van der Waals surface area contributed by atoms with E-state index in [1.807, 2.05) is 18.2 Å². The fourth-order valence-corrected chi connectivity index (χ4v) is 3.65. The van der Waals surface area contributed by atoms with E-state index in [-0.39, 0.29) is 5.56 Å². The van der Waals surface area contributed by atoms with Gasteiger partial charge in [0.25, 0.3) is 0 Å². The van der Waals surface area contributed by atoms with Gasteiger partial charge in [-0.25, -0.2) is 9.59 Å². The van der Waals surface area contributed by atoms with Crippen LogP contribution in [0.25, 0.3) is 22.6 Å². The molecule has 0 radical (unpaired) electrons. The van der Waals surface area contributed by atoms with Crippen molar-refractivity contribution in [3.8, 4) is 22.6 Å². The summed E-state index contributed by atoms with van der Waals surface area (Å²) in [6.07, 6.45) is 0.0822. The molecule has 1 amide bonds. The van der Waals surface area contributed by atoms with Gasteiger partial charge in [0, 0.05) is 27.9 Å². The molecule has 0 saturated carbocycles. The average molecular weight is 478 g/mol. The summed E-state index contributed by atoms with van der Waals surface area (Å²) in [6, 6.07) is 17.5. The van der Waals surface area contributed by atoms with Crippen molar-refractivity contribution in [2.45, 2.75) is 20.0 Å². The fourth-order valence-electron chi connectivity index (χ4n) is 3.36. The van der Waals surface area contributed by atoms with E-state index < -0.39 is 18.2 Å². The molecule has 9 heteroatoms. The van der Waals surface area contributed by atoms with Crippen LogP contribution in [0, 0.1) is 6.92 Å². The van der Waals surface area contributed by atoms with Gasteiger partial charge in [-0.2, -0.15) is 0 Å². The summed E-state index contributed by atoms with van der Waals surface area (Å²) in [5.41, 5.74) is 3.80. The van der Waals surface area contributed by atoms with Crippen LogP contribution >= 0.6 is 11.6 Å². The van der Waals surface area contributed by atoms with E-state index >= 15 is 0 Å². The molecule has 34 heavy (non-hydrogen) atoms. The number of rotatable bonds is 6. The van der Waals surface area contributed by atoms with Crippen LogP contribution in [0.4, 0.5) is 10.5 Å². The number of amides is 1. The van der Waals surface area contributed by atoms with E-state index in [2.05, 4.69) is 15.5 Å². The van der Waals surface area contributed by atoms with Crippen molar-refractivity contribution in [3.63, 3.8) is 0 Å². The van der Waals surface area contributed by atoms with Gasteiger partial charge in [0.2, 0.25) is 0 Å². The molecular weight excluding hydrogens is 458 g/mol. The first-order valence-corrected chi connectivity index (χ1v) is 10.7. The minimum absolute atomic E-state index is 0.115. The Kier molecular flexibility index (Phi) is 6.60. The Morgan fingerprint density at radius 2 is 1.76 bits per heavy atom. The van der Waals surface area contributed by atoms with E-state index in [0.717, 1.165) is 5.56 Å². The number of benzene rings is 2. The Hall–Kier alpha value is -4.17. The zero-order chi connectivity index (χ0) is 24.2. The van der Waals surface area contributed by atoms with Gasteiger partial charge in [-0.3, -0.25) is 10.3 Å². The largest absolute Gasteiger partial charge is 0.478 e. The number of aryl methyl sites for hydroxylation is 1. The Morgan fingerprint density at radius 3 is 2.41 bits per heavy atom. The smallest absolute Gasteiger partial charge is 0.412 e. The Bertz CT molecular complexity index is 1330. The second-order valence-electron chi connectivity index (χ2n) is 7.48. The van der Waals surface area contributed by atoms with Crippen LogP contribution in [0.2, 0.25) is 5.02 Å². The van der Waals surface area contributed by atoms with E-state index in [0.29, 0.717) is 39.0 Å². The van der Waals surface area contributed by atoms with Gasteiger partial charge in [0.15, 0.2) is 5.76 Å². The van der Waals surface area contributed by atoms with E-state index in [4.69, 9.17) is 26.0 Å². The molecule has 0 aliphatic rings. The molecule has 172 valence electrons. The highest BCUT2D eigenvalue weighted by atomic mass is 35.5. The Balaban J connectivity index is 1.50. The lowest BCUT2D eigenvalue weighted by Gasteiger charge is -2.15.